The Morgan fingerprint density at radius 3 is 2.79 bits per heavy atom. The van der Waals surface area contributed by atoms with Gasteiger partial charge in [0.1, 0.15) is 12.1 Å². The molecule has 1 aliphatic rings. The molecule has 4 rings (SSSR count). The standard InChI is InChI=1S/C22H27N5OS/c1-5-6-9-29-20-15(8-7-14-19(20)24-12-25-21(14)23)27-16-10-22(3,4)11-17(28)18(16)13(2)26-27/h7-8,12H,5-6,9-11H2,1-4H3,(H2,23,24,25). The third-order valence-corrected chi connectivity index (χ3v) is 6.65. The van der Waals surface area contributed by atoms with Crippen molar-refractivity contribution in [3.8, 4) is 5.69 Å². The first-order valence-corrected chi connectivity index (χ1v) is 11.1. The van der Waals surface area contributed by atoms with Crippen molar-refractivity contribution in [1.29, 1.82) is 0 Å². The molecule has 29 heavy (non-hydrogen) atoms. The van der Waals surface area contributed by atoms with Crippen LogP contribution in [0.4, 0.5) is 5.82 Å². The smallest absolute Gasteiger partial charge is 0.167 e. The number of fused-ring (bicyclic) bond motifs is 2. The van der Waals surface area contributed by atoms with Gasteiger partial charge < -0.3 is 5.73 Å². The number of Topliss-reactive ketones (excluding diaryl/α,β-unsaturated/α-hetero) is 1. The minimum Gasteiger partial charge on any atom is -0.383 e. The van der Waals surface area contributed by atoms with E-state index in [1.807, 2.05) is 23.7 Å². The molecule has 1 aromatic carbocycles. The first-order chi connectivity index (χ1) is 13.8. The van der Waals surface area contributed by atoms with Crippen LogP contribution >= 0.6 is 11.8 Å². The second-order valence-corrected chi connectivity index (χ2v) is 9.64. The number of hydrogen-bond donors (Lipinski definition) is 1. The summed E-state index contributed by atoms with van der Waals surface area (Å²) in [5.74, 6) is 1.65. The van der Waals surface area contributed by atoms with Crippen LogP contribution in [0.2, 0.25) is 0 Å². The van der Waals surface area contributed by atoms with E-state index in [2.05, 4.69) is 30.7 Å². The number of rotatable bonds is 5. The lowest BCUT2D eigenvalue weighted by Gasteiger charge is -2.29. The quantitative estimate of drug-likeness (QED) is 0.483. The number of anilines is 1. The second kappa shape index (κ2) is 7.44. The number of nitrogens with zero attached hydrogens (tertiary/aromatic N) is 4. The second-order valence-electron chi connectivity index (χ2n) is 8.53. The molecule has 0 fully saturated rings. The third kappa shape index (κ3) is 3.52. The molecule has 1 aliphatic carbocycles. The van der Waals surface area contributed by atoms with Crippen molar-refractivity contribution in [2.45, 2.75) is 58.3 Å². The molecular formula is C22H27N5OS. The summed E-state index contributed by atoms with van der Waals surface area (Å²) in [4.78, 5) is 22.6. The zero-order chi connectivity index (χ0) is 20.8. The highest BCUT2D eigenvalue weighted by Crippen LogP contribution is 2.40. The van der Waals surface area contributed by atoms with Crippen molar-refractivity contribution in [3.63, 3.8) is 0 Å². The van der Waals surface area contributed by atoms with E-state index < -0.39 is 0 Å². The van der Waals surface area contributed by atoms with Crippen molar-refractivity contribution >= 4 is 34.3 Å². The molecule has 0 unspecified atom stereocenters. The Kier molecular flexibility index (Phi) is 5.11. The lowest BCUT2D eigenvalue weighted by Crippen LogP contribution is -2.28. The molecule has 2 heterocycles. The van der Waals surface area contributed by atoms with Crippen molar-refractivity contribution in [2.24, 2.45) is 5.41 Å². The maximum Gasteiger partial charge on any atom is 0.167 e. The van der Waals surface area contributed by atoms with Crippen LogP contribution in [-0.4, -0.2) is 31.3 Å². The van der Waals surface area contributed by atoms with Gasteiger partial charge in [0.15, 0.2) is 5.78 Å². The summed E-state index contributed by atoms with van der Waals surface area (Å²) < 4.78 is 1.97. The highest BCUT2D eigenvalue weighted by molar-refractivity contribution is 7.99. The Morgan fingerprint density at radius 1 is 1.24 bits per heavy atom. The number of ketones is 1. The summed E-state index contributed by atoms with van der Waals surface area (Å²) in [7, 11) is 0. The number of aromatic nitrogens is 4. The number of carbonyl (C=O) groups is 1. The molecular weight excluding hydrogens is 382 g/mol. The molecule has 2 N–H and O–H groups in total. The van der Waals surface area contributed by atoms with Crippen molar-refractivity contribution < 1.29 is 4.79 Å². The van der Waals surface area contributed by atoms with Crippen LogP contribution in [-0.2, 0) is 6.42 Å². The molecule has 3 aromatic rings. The summed E-state index contributed by atoms with van der Waals surface area (Å²) in [6.07, 6.45) is 5.14. The fraction of sp³-hybridized carbons (Fsp3) is 0.455. The molecule has 0 radical (unpaired) electrons. The van der Waals surface area contributed by atoms with Crippen molar-refractivity contribution in [3.05, 3.63) is 35.4 Å². The highest BCUT2D eigenvalue weighted by atomic mass is 32.2. The molecule has 0 spiro atoms. The lowest BCUT2D eigenvalue weighted by atomic mass is 9.75. The Morgan fingerprint density at radius 2 is 2.03 bits per heavy atom. The van der Waals surface area contributed by atoms with Gasteiger partial charge in [-0.25, -0.2) is 14.6 Å². The van der Waals surface area contributed by atoms with Gasteiger partial charge in [0.2, 0.25) is 0 Å². The summed E-state index contributed by atoms with van der Waals surface area (Å²) in [6, 6.07) is 4.00. The maximum absolute atomic E-state index is 12.8. The summed E-state index contributed by atoms with van der Waals surface area (Å²) in [6.45, 7) is 8.40. The summed E-state index contributed by atoms with van der Waals surface area (Å²) in [5, 5.41) is 5.66. The normalized spacial score (nSPS) is 15.7. The van der Waals surface area contributed by atoms with E-state index in [9.17, 15) is 4.79 Å². The number of carbonyl (C=O) groups excluding carboxylic acids is 1. The van der Waals surface area contributed by atoms with Crippen LogP contribution in [0.1, 0.15) is 61.8 Å². The van der Waals surface area contributed by atoms with E-state index >= 15 is 0 Å². The van der Waals surface area contributed by atoms with Crippen LogP contribution in [0.15, 0.2) is 23.4 Å². The van der Waals surface area contributed by atoms with Crippen LogP contribution in [0.3, 0.4) is 0 Å². The maximum atomic E-state index is 12.8. The third-order valence-electron chi connectivity index (χ3n) is 5.46. The number of nitrogen functional groups attached to an aromatic ring is 1. The Balaban J connectivity index is 1.94. The minimum absolute atomic E-state index is 0.0761. The summed E-state index contributed by atoms with van der Waals surface area (Å²) in [5.41, 5.74) is 10.4. The average Bonchev–Trinajstić information content (AvgIpc) is 2.97. The van der Waals surface area contributed by atoms with Crippen LogP contribution in [0.25, 0.3) is 16.6 Å². The molecule has 6 nitrogen and oxygen atoms in total. The summed E-state index contributed by atoms with van der Waals surface area (Å²) >= 11 is 1.77. The van der Waals surface area contributed by atoms with E-state index in [1.54, 1.807) is 11.8 Å². The van der Waals surface area contributed by atoms with E-state index in [1.165, 1.54) is 6.33 Å². The number of nitrogens with two attached hydrogens (primary N) is 1. The highest BCUT2D eigenvalue weighted by Gasteiger charge is 2.36. The lowest BCUT2D eigenvalue weighted by molar-refractivity contribution is 0.0910. The molecule has 0 atom stereocenters. The largest absolute Gasteiger partial charge is 0.383 e. The Bertz CT molecular complexity index is 1100. The zero-order valence-electron chi connectivity index (χ0n) is 17.5. The average molecular weight is 410 g/mol. The van der Waals surface area contributed by atoms with Gasteiger partial charge >= 0.3 is 0 Å². The SMILES string of the molecule is CCCCSc1c(-n2nc(C)c3c2CC(C)(C)CC3=O)ccc2c(N)ncnc12. The molecule has 7 heteroatoms. The fourth-order valence-corrected chi connectivity index (χ4v) is 5.32. The van der Waals surface area contributed by atoms with Crippen molar-refractivity contribution in [2.75, 3.05) is 11.5 Å². The zero-order valence-corrected chi connectivity index (χ0v) is 18.3. The monoisotopic (exact) mass is 409 g/mol. The van der Waals surface area contributed by atoms with E-state index in [4.69, 9.17) is 10.8 Å². The van der Waals surface area contributed by atoms with Gasteiger partial charge in [-0.05, 0) is 43.1 Å². The van der Waals surface area contributed by atoms with Gasteiger partial charge in [-0.15, -0.1) is 11.8 Å². The predicted molar refractivity (Wildman–Crippen MR) is 118 cm³/mol. The molecule has 2 aromatic heterocycles. The number of thioether (sulfide) groups is 1. The first kappa shape index (κ1) is 19.9. The topological polar surface area (TPSA) is 86.7 Å². The first-order valence-electron chi connectivity index (χ1n) is 10.1. The van der Waals surface area contributed by atoms with E-state index in [0.29, 0.717) is 12.2 Å². The molecule has 0 saturated heterocycles. The van der Waals surface area contributed by atoms with Crippen LogP contribution in [0, 0.1) is 12.3 Å². The van der Waals surface area contributed by atoms with Gasteiger partial charge in [-0.1, -0.05) is 27.2 Å². The minimum atomic E-state index is -0.0761. The number of aryl methyl sites for hydroxylation is 1. The predicted octanol–water partition coefficient (Wildman–Crippen LogP) is 4.75. The Hall–Kier alpha value is -2.41. The van der Waals surface area contributed by atoms with Crippen molar-refractivity contribution in [1.82, 2.24) is 19.7 Å². The van der Waals surface area contributed by atoms with Crippen LogP contribution in [0.5, 0.6) is 0 Å². The number of benzene rings is 1. The molecule has 0 aliphatic heterocycles. The molecule has 0 amide bonds. The van der Waals surface area contributed by atoms with E-state index in [-0.39, 0.29) is 11.2 Å². The molecule has 0 saturated carbocycles. The van der Waals surface area contributed by atoms with E-state index in [0.717, 1.165) is 63.5 Å². The molecule has 0 bridgehead atoms. The fourth-order valence-electron chi connectivity index (χ4n) is 4.08. The van der Waals surface area contributed by atoms with Gasteiger partial charge in [-0.2, -0.15) is 5.10 Å². The molecule has 152 valence electrons. The van der Waals surface area contributed by atoms with Gasteiger partial charge in [0.05, 0.1) is 33.1 Å². The van der Waals surface area contributed by atoms with Gasteiger partial charge in [-0.3, -0.25) is 4.79 Å². The van der Waals surface area contributed by atoms with Gasteiger partial charge in [0, 0.05) is 11.8 Å². The van der Waals surface area contributed by atoms with Gasteiger partial charge in [0.25, 0.3) is 0 Å². The number of hydrogen-bond acceptors (Lipinski definition) is 6. The van der Waals surface area contributed by atoms with Crippen LogP contribution < -0.4 is 5.73 Å². The Labute approximate surface area is 175 Å². The number of unbranched alkanes of at least 4 members (excludes halogenated alkanes) is 1.